The quantitative estimate of drug-likeness (QED) is 0.478. The zero-order valence-electron chi connectivity index (χ0n) is 17.6. The van der Waals surface area contributed by atoms with Crippen LogP contribution in [0.15, 0.2) is 38.6 Å². The molecule has 0 atom stereocenters. The number of pyridine rings is 1. The summed E-state index contributed by atoms with van der Waals surface area (Å²) < 4.78 is 8.36. The summed E-state index contributed by atoms with van der Waals surface area (Å²) in [6.45, 7) is 12.8. The van der Waals surface area contributed by atoms with Crippen molar-refractivity contribution in [3.8, 4) is 0 Å². The molecule has 1 aliphatic heterocycles. The van der Waals surface area contributed by atoms with Gasteiger partial charge in [0.1, 0.15) is 12.6 Å². The number of fused-ring (bicyclic) bond motifs is 3. The molecule has 0 spiro atoms. The molecule has 0 aliphatic carbocycles. The van der Waals surface area contributed by atoms with Crippen molar-refractivity contribution in [3.05, 3.63) is 57.4 Å². The van der Waals surface area contributed by atoms with E-state index in [1.807, 2.05) is 26.0 Å². The zero-order chi connectivity index (χ0) is 19.9. The lowest BCUT2D eigenvalue weighted by molar-refractivity contribution is -0.680. The Kier molecular flexibility index (Phi) is 5.38. The molecule has 2 aromatic heterocycles. The average molecular weight is 382 g/mol. The number of benzene rings is 1. The van der Waals surface area contributed by atoms with Crippen LogP contribution in [0.5, 0.6) is 0 Å². The highest BCUT2D eigenvalue weighted by Crippen LogP contribution is 2.51. The van der Waals surface area contributed by atoms with Gasteiger partial charge in [-0.3, -0.25) is 0 Å². The van der Waals surface area contributed by atoms with Crippen molar-refractivity contribution in [2.24, 2.45) is 7.05 Å². The Labute approximate surface area is 166 Å². The van der Waals surface area contributed by atoms with Crippen LogP contribution in [0.2, 0.25) is 0 Å². The molecule has 27 heavy (non-hydrogen) atoms. The Morgan fingerprint density at radius 2 is 1.67 bits per heavy atom. The van der Waals surface area contributed by atoms with Gasteiger partial charge in [-0.1, -0.05) is 37.7 Å². The molecular formula is C23H29N2OS+. The van der Waals surface area contributed by atoms with Gasteiger partial charge in [-0.15, -0.1) is 0 Å². The molecule has 1 aromatic carbocycles. The van der Waals surface area contributed by atoms with Gasteiger partial charge in [0.05, 0.1) is 9.92 Å². The summed E-state index contributed by atoms with van der Waals surface area (Å²) in [5.74, 6) is 0.943. The average Bonchev–Trinajstić information content (AvgIpc) is 3.20. The molecule has 4 heteroatoms. The first kappa shape index (κ1) is 19.6. The van der Waals surface area contributed by atoms with Gasteiger partial charge < -0.3 is 9.32 Å². The van der Waals surface area contributed by atoms with E-state index >= 15 is 0 Å². The molecule has 0 radical (unpaired) electrons. The van der Waals surface area contributed by atoms with Gasteiger partial charge in [-0.25, -0.2) is 0 Å². The number of hydrogen-bond donors (Lipinski definition) is 0. The molecule has 0 saturated heterocycles. The van der Waals surface area contributed by atoms with Crippen LogP contribution in [0.25, 0.3) is 17.0 Å². The molecule has 0 unspecified atom stereocenters. The number of para-hydroxylation sites is 1. The fourth-order valence-corrected chi connectivity index (χ4v) is 4.62. The summed E-state index contributed by atoms with van der Waals surface area (Å²) in [4.78, 5) is 3.37. The van der Waals surface area contributed by atoms with Crippen LogP contribution in [0.1, 0.15) is 41.9 Å². The zero-order valence-corrected chi connectivity index (χ0v) is 18.4. The minimum Gasteiger partial charge on any atom is -0.439 e. The number of furan rings is 1. The number of thioether (sulfide) groups is 1. The Morgan fingerprint density at radius 3 is 2.37 bits per heavy atom. The summed E-state index contributed by atoms with van der Waals surface area (Å²) in [5.41, 5.74) is 7.59. The molecule has 3 nitrogen and oxygen atoms in total. The molecular weight excluding hydrogens is 352 g/mol. The van der Waals surface area contributed by atoms with Crippen molar-refractivity contribution in [1.29, 1.82) is 0 Å². The fourth-order valence-electron chi connectivity index (χ4n) is 3.48. The second kappa shape index (κ2) is 7.43. The molecule has 142 valence electrons. The van der Waals surface area contributed by atoms with E-state index in [9.17, 15) is 0 Å². The van der Waals surface area contributed by atoms with E-state index in [0.29, 0.717) is 0 Å². The van der Waals surface area contributed by atoms with E-state index in [-0.39, 0.29) is 0 Å². The molecule has 4 rings (SSSR count). The third-order valence-electron chi connectivity index (χ3n) is 5.55. The van der Waals surface area contributed by atoms with Gasteiger partial charge in [-0.2, -0.15) is 4.57 Å². The second-order valence-corrected chi connectivity index (χ2v) is 7.81. The Balaban J connectivity index is 0.00000102. The third kappa shape index (κ3) is 3.06. The van der Waals surface area contributed by atoms with Gasteiger partial charge in [0.25, 0.3) is 0 Å². The van der Waals surface area contributed by atoms with E-state index in [2.05, 4.69) is 69.5 Å². The summed E-state index contributed by atoms with van der Waals surface area (Å²) in [7, 11) is 4.23. The van der Waals surface area contributed by atoms with Crippen LogP contribution >= 0.6 is 11.8 Å². The van der Waals surface area contributed by atoms with Crippen molar-refractivity contribution in [1.82, 2.24) is 0 Å². The number of aromatic nitrogens is 1. The normalized spacial score (nSPS) is 14.5. The summed E-state index contributed by atoms with van der Waals surface area (Å²) in [6.07, 6.45) is 2.28. The second-order valence-electron chi connectivity index (χ2n) is 6.78. The third-order valence-corrected chi connectivity index (χ3v) is 6.75. The molecule has 0 amide bonds. The molecule has 0 fully saturated rings. The summed E-state index contributed by atoms with van der Waals surface area (Å²) >= 11 is 1.79. The van der Waals surface area contributed by atoms with Gasteiger partial charge in [0, 0.05) is 36.6 Å². The first-order chi connectivity index (χ1) is 12.9. The van der Waals surface area contributed by atoms with Crippen molar-refractivity contribution in [2.45, 2.75) is 46.4 Å². The Hall–Kier alpha value is -2.20. The van der Waals surface area contributed by atoms with E-state index in [4.69, 9.17) is 4.42 Å². The summed E-state index contributed by atoms with van der Waals surface area (Å²) in [5, 5.41) is 2.39. The maximum atomic E-state index is 6.08. The molecule has 3 heterocycles. The monoisotopic (exact) mass is 381 g/mol. The van der Waals surface area contributed by atoms with Crippen LogP contribution in [0, 0.1) is 27.7 Å². The van der Waals surface area contributed by atoms with E-state index in [1.165, 1.54) is 43.4 Å². The van der Waals surface area contributed by atoms with Crippen LogP contribution in [0.3, 0.4) is 0 Å². The first-order valence-corrected chi connectivity index (χ1v) is 10.3. The van der Waals surface area contributed by atoms with E-state index in [0.717, 1.165) is 11.5 Å². The number of hydrogen-bond acceptors (Lipinski definition) is 3. The lowest BCUT2D eigenvalue weighted by atomic mass is 10.0. The largest absolute Gasteiger partial charge is 0.439 e. The molecule has 0 bridgehead atoms. The number of anilines is 1. The standard InChI is InChI=1S/C21H23N2OS.C2H6/c1-12-13(2)15(4)22(5)17(14(12)3)11-19-23(6)21-20(25-19)16-9-7-8-10-18(16)24-21;1-2/h7-11H,1-6H3;1-2H3/q+1;. The van der Waals surface area contributed by atoms with Crippen molar-refractivity contribution < 1.29 is 8.98 Å². The number of rotatable bonds is 1. The minimum absolute atomic E-state index is 0.943. The van der Waals surface area contributed by atoms with Crippen LogP contribution in [0.4, 0.5) is 5.88 Å². The Bertz CT molecular complexity index is 1020. The maximum Gasteiger partial charge on any atom is 0.215 e. The lowest BCUT2D eigenvalue weighted by Gasteiger charge is -2.14. The fraction of sp³-hybridized carbons (Fsp3) is 0.348. The predicted molar refractivity (Wildman–Crippen MR) is 116 cm³/mol. The van der Waals surface area contributed by atoms with Crippen LogP contribution < -0.4 is 9.47 Å². The van der Waals surface area contributed by atoms with Crippen molar-refractivity contribution in [2.75, 3.05) is 11.9 Å². The maximum absolute atomic E-state index is 6.08. The molecule has 0 N–H and O–H groups in total. The molecule has 1 aliphatic rings. The topological polar surface area (TPSA) is 20.3 Å². The highest BCUT2D eigenvalue weighted by atomic mass is 32.2. The van der Waals surface area contributed by atoms with Gasteiger partial charge in [0.15, 0.2) is 5.69 Å². The van der Waals surface area contributed by atoms with E-state index < -0.39 is 0 Å². The number of nitrogens with zero attached hydrogens (tertiary/aromatic N) is 2. The van der Waals surface area contributed by atoms with Crippen molar-refractivity contribution in [3.63, 3.8) is 0 Å². The van der Waals surface area contributed by atoms with Crippen LogP contribution in [-0.2, 0) is 7.05 Å². The summed E-state index contributed by atoms with van der Waals surface area (Å²) in [6, 6.07) is 8.25. The lowest BCUT2D eigenvalue weighted by Crippen LogP contribution is -2.38. The van der Waals surface area contributed by atoms with Gasteiger partial charge >= 0.3 is 0 Å². The minimum atomic E-state index is 0.943. The smallest absolute Gasteiger partial charge is 0.215 e. The van der Waals surface area contributed by atoms with Crippen molar-refractivity contribution >= 4 is 34.7 Å². The van der Waals surface area contributed by atoms with Gasteiger partial charge in [-0.05, 0) is 38.5 Å². The highest BCUT2D eigenvalue weighted by molar-refractivity contribution is 8.04. The first-order valence-electron chi connectivity index (χ1n) is 9.51. The van der Waals surface area contributed by atoms with Gasteiger partial charge in [0.2, 0.25) is 11.6 Å². The molecule has 0 saturated carbocycles. The molecule has 3 aromatic rings. The Morgan fingerprint density at radius 1 is 1.00 bits per heavy atom. The predicted octanol–water partition coefficient (Wildman–Crippen LogP) is 6.06. The van der Waals surface area contributed by atoms with Crippen LogP contribution in [-0.4, -0.2) is 7.05 Å². The van der Waals surface area contributed by atoms with E-state index in [1.54, 1.807) is 11.8 Å². The SMILES string of the molecule is CC.Cc1c(C)c(C)[n+](C)c(/C=C2\Sc3c(oc4ccccc34)N2C)c1C. The highest BCUT2D eigenvalue weighted by Gasteiger charge is 2.30.